The van der Waals surface area contributed by atoms with Gasteiger partial charge in [-0.25, -0.2) is 4.98 Å². The van der Waals surface area contributed by atoms with E-state index < -0.39 is 121 Å². The number of benzene rings is 1. The van der Waals surface area contributed by atoms with Gasteiger partial charge in [-0.1, -0.05) is 31.4 Å². The van der Waals surface area contributed by atoms with E-state index in [0.29, 0.717) is 55.7 Å². The first-order valence-electron chi connectivity index (χ1n) is 20.9. The number of carbonyl (C=O) groups excluding carboxylic acids is 4. The van der Waals surface area contributed by atoms with Gasteiger partial charge in [0.1, 0.15) is 54.5 Å². The second kappa shape index (κ2) is 22.3. The summed E-state index contributed by atoms with van der Waals surface area (Å²) in [7, 11) is 1.50. The Bertz CT molecular complexity index is 1750. The lowest BCUT2D eigenvalue weighted by Crippen LogP contribution is -2.74. The third-order valence-electron chi connectivity index (χ3n) is 12.0. The number of methoxy groups -OCH3 is 1. The monoisotopic (exact) mass is 879 g/mol. The van der Waals surface area contributed by atoms with Crippen molar-refractivity contribution in [2.75, 3.05) is 26.9 Å². The molecule has 1 saturated carbocycles. The SMILES string of the molecule is COc1ccc(C[C@H](NC(=O)[C@@H]2CCCN2)C(=O)N[C@@H](Cc2cnc[nH]2)C(=O)N[C@@H](C(C(=O)N[C@@]2(O)C(O)O[C@H](CO)[C@@H](O)[C@@H]2O)C2CCCCC2)[C@@H](O)[C@@H](O)[C@H](O)CO)cc1. The van der Waals surface area contributed by atoms with Crippen molar-refractivity contribution in [3.63, 3.8) is 0 Å². The molecule has 15 N–H and O–H groups in total. The smallest absolute Gasteiger partial charge is 0.243 e. The van der Waals surface area contributed by atoms with Gasteiger partial charge in [-0.3, -0.25) is 19.2 Å². The normalized spacial score (nSPS) is 27.7. The number of hydrogen-bond acceptors (Lipinski definition) is 17. The molecular weight excluding hydrogens is 818 g/mol. The number of aliphatic hydroxyl groups is 9. The number of nitrogens with zero attached hydrogens (tertiary/aromatic N) is 1. The van der Waals surface area contributed by atoms with E-state index in [1.54, 1.807) is 24.3 Å². The number of rotatable bonds is 20. The quantitative estimate of drug-likeness (QED) is 0.0553. The van der Waals surface area contributed by atoms with Crippen LogP contribution in [0.15, 0.2) is 36.8 Å². The number of H-pyrrole nitrogens is 1. The second-order valence-electron chi connectivity index (χ2n) is 16.3. The first-order chi connectivity index (χ1) is 29.6. The molecular formula is C40H61N7O15. The standard InChI is InChI=1S/C40H61N7O15/c1-61-23-11-9-20(10-12-23)14-25(44-35(55)24-8-5-13-42-24)36(56)45-26(15-22-16-41-19-43-22)37(57)46-30(33(53)31(51)27(50)17-48)29(21-6-3-2-4-7-21)38(58)47-40(60)34(54)32(52)28(18-49)62-39(40)59/h9-12,16,19,21,24-34,39,42,48-54,59-60H,2-8,13-15,17-18H2,1H3,(H,41,43)(H,44,55)(H,45,56)(H,46,57)(H,47,58)/t24-,25-,26-,27+,28+,29?,30-,31-,32+,33+,34-,39?,40-/m0/s1. The van der Waals surface area contributed by atoms with Gasteiger partial charge in [0.05, 0.1) is 44.7 Å². The van der Waals surface area contributed by atoms with E-state index >= 15 is 0 Å². The number of ether oxygens (including phenoxy) is 2. The van der Waals surface area contributed by atoms with E-state index in [4.69, 9.17) is 9.47 Å². The van der Waals surface area contributed by atoms with Crippen LogP contribution in [0.5, 0.6) is 5.75 Å². The van der Waals surface area contributed by atoms with Crippen molar-refractivity contribution in [3.8, 4) is 5.75 Å². The largest absolute Gasteiger partial charge is 0.497 e. The van der Waals surface area contributed by atoms with E-state index in [2.05, 4.69) is 36.6 Å². The maximum absolute atomic E-state index is 14.6. The molecule has 4 amide bonds. The van der Waals surface area contributed by atoms with Crippen molar-refractivity contribution in [1.82, 2.24) is 36.6 Å². The van der Waals surface area contributed by atoms with Crippen molar-refractivity contribution in [3.05, 3.63) is 48.0 Å². The molecule has 346 valence electrons. The van der Waals surface area contributed by atoms with Crippen LogP contribution in [0.25, 0.3) is 0 Å². The summed E-state index contributed by atoms with van der Waals surface area (Å²) in [6.07, 6.45) is -8.45. The molecule has 1 aliphatic carbocycles. The highest BCUT2D eigenvalue weighted by molar-refractivity contribution is 5.94. The predicted molar refractivity (Wildman–Crippen MR) is 214 cm³/mol. The van der Waals surface area contributed by atoms with Crippen LogP contribution in [0.4, 0.5) is 0 Å². The summed E-state index contributed by atoms with van der Waals surface area (Å²) < 4.78 is 10.3. The second-order valence-corrected chi connectivity index (χ2v) is 16.3. The van der Waals surface area contributed by atoms with Crippen molar-refractivity contribution < 1.29 is 74.6 Å². The summed E-state index contributed by atoms with van der Waals surface area (Å²) in [6.45, 7) is -1.32. The minimum absolute atomic E-state index is 0.0126. The van der Waals surface area contributed by atoms with Crippen LogP contribution in [0, 0.1) is 11.8 Å². The highest BCUT2D eigenvalue weighted by Gasteiger charge is 2.57. The maximum Gasteiger partial charge on any atom is 0.243 e. The van der Waals surface area contributed by atoms with Crippen molar-refractivity contribution >= 4 is 23.6 Å². The minimum Gasteiger partial charge on any atom is -0.497 e. The van der Waals surface area contributed by atoms with E-state index in [-0.39, 0.29) is 12.8 Å². The Labute approximate surface area is 357 Å². The van der Waals surface area contributed by atoms with Crippen LogP contribution in [0.2, 0.25) is 0 Å². The number of aromatic nitrogens is 2. The van der Waals surface area contributed by atoms with E-state index in [1.165, 1.54) is 19.6 Å². The third kappa shape index (κ3) is 11.8. The average Bonchev–Trinajstić information content (AvgIpc) is 4.02. The Morgan fingerprint density at radius 3 is 2.16 bits per heavy atom. The number of hydrogen-bond donors (Lipinski definition) is 15. The van der Waals surface area contributed by atoms with Gasteiger partial charge in [0.15, 0.2) is 0 Å². The Morgan fingerprint density at radius 2 is 1.56 bits per heavy atom. The Balaban J connectivity index is 1.49. The van der Waals surface area contributed by atoms with Gasteiger partial charge in [-0.15, -0.1) is 0 Å². The molecule has 3 heterocycles. The molecule has 13 atom stereocenters. The van der Waals surface area contributed by atoms with Crippen molar-refractivity contribution in [1.29, 1.82) is 0 Å². The zero-order valence-corrected chi connectivity index (χ0v) is 34.4. The molecule has 0 spiro atoms. The number of carbonyl (C=O) groups is 4. The van der Waals surface area contributed by atoms with Crippen LogP contribution < -0.4 is 31.3 Å². The van der Waals surface area contributed by atoms with Gasteiger partial charge in [0.25, 0.3) is 0 Å². The van der Waals surface area contributed by atoms with Crippen LogP contribution in [0.3, 0.4) is 0 Å². The lowest BCUT2D eigenvalue weighted by Gasteiger charge is -2.47. The van der Waals surface area contributed by atoms with Gasteiger partial charge >= 0.3 is 0 Å². The summed E-state index contributed by atoms with van der Waals surface area (Å²) in [4.78, 5) is 63.6. The molecule has 0 bridgehead atoms. The number of amides is 4. The zero-order valence-electron chi connectivity index (χ0n) is 34.4. The average molecular weight is 880 g/mol. The molecule has 2 unspecified atom stereocenters. The number of imidazole rings is 1. The summed E-state index contributed by atoms with van der Waals surface area (Å²) in [5.41, 5.74) is -2.11. The summed E-state index contributed by atoms with van der Waals surface area (Å²) in [5, 5.41) is 109. The molecule has 22 heteroatoms. The molecule has 3 aliphatic rings. The van der Waals surface area contributed by atoms with Gasteiger partial charge in [0.2, 0.25) is 35.6 Å². The van der Waals surface area contributed by atoms with Crippen LogP contribution in [-0.4, -0.2) is 179 Å². The van der Waals surface area contributed by atoms with E-state index in [1.807, 2.05) is 0 Å². The third-order valence-corrected chi connectivity index (χ3v) is 12.0. The Morgan fingerprint density at radius 1 is 0.887 bits per heavy atom. The minimum atomic E-state index is -3.10. The molecule has 2 saturated heterocycles. The lowest BCUT2D eigenvalue weighted by atomic mass is 9.73. The lowest BCUT2D eigenvalue weighted by molar-refractivity contribution is -0.336. The number of nitrogens with one attached hydrogen (secondary N) is 6. The van der Waals surface area contributed by atoms with Gasteiger partial charge < -0.3 is 87.0 Å². The van der Waals surface area contributed by atoms with E-state index in [9.17, 15) is 65.1 Å². The molecule has 1 aromatic carbocycles. The zero-order chi connectivity index (χ0) is 45.1. The Hall–Kier alpha value is -4.33. The van der Waals surface area contributed by atoms with Crippen LogP contribution in [-0.2, 0) is 36.8 Å². The first-order valence-corrected chi connectivity index (χ1v) is 20.9. The predicted octanol–water partition coefficient (Wildman–Crippen LogP) is -5.08. The fraction of sp³-hybridized carbons (Fsp3) is 0.675. The summed E-state index contributed by atoms with van der Waals surface area (Å²) in [5.74, 6) is -5.26. The maximum atomic E-state index is 14.6. The molecule has 1 aromatic heterocycles. The molecule has 2 aromatic rings. The molecule has 3 fully saturated rings. The summed E-state index contributed by atoms with van der Waals surface area (Å²) >= 11 is 0. The highest BCUT2D eigenvalue weighted by atomic mass is 16.6. The van der Waals surface area contributed by atoms with E-state index in [0.717, 1.165) is 12.8 Å². The molecule has 0 radical (unpaired) electrons. The van der Waals surface area contributed by atoms with Crippen molar-refractivity contribution in [2.45, 2.75) is 131 Å². The van der Waals surface area contributed by atoms with Gasteiger partial charge in [-0.2, -0.15) is 0 Å². The highest BCUT2D eigenvalue weighted by Crippen LogP contribution is 2.35. The summed E-state index contributed by atoms with van der Waals surface area (Å²) in [6, 6.07) is 1.60. The van der Waals surface area contributed by atoms with Crippen LogP contribution >= 0.6 is 0 Å². The van der Waals surface area contributed by atoms with Gasteiger partial charge in [-0.05, 0) is 55.8 Å². The van der Waals surface area contributed by atoms with Crippen LogP contribution in [0.1, 0.15) is 56.2 Å². The van der Waals surface area contributed by atoms with Crippen molar-refractivity contribution in [2.24, 2.45) is 11.8 Å². The number of aromatic amines is 1. The molecule has 5 rings (SSSR count). The fourth-order valence-electron chi connectivity index (χ4n) is 8.38. The molecule has 2 aliphatic heterocycles. The van der Waals surface area contributed by atoms with Gasteiger partial charge in [0, 0.05) is 24.7 Å². The Kier molecular flexibility index (Phi) is 17.5. The topological polar surface area (TPSA) is 358 Å². The molecule has 22 nitrogen and oxygen atoms in total. The fourth-order valence-corrected chi connectivity index (χ4v) is 8.38. The first kappa shape index (κ1) is 48.7. The molecule has 62 heavy (non-hydrogen) atoms. The number of aliphatic hydroxyl groups excluding tert-OH is 8.